The van der Waals surface area contributed by atoms with Crippen LogP contribution in [-0.2, 0) is 34.0 Å². The normalized spacial score (nSPS) is 12.3. The van der Waals surface area contributed by atoms with Crippen molar-refractivity contribution in [1.29, 1.82) is 0 Å². The highest BCUT2D eigenvalue weighted by Gasteiger charge is 2.23. The Kier molecular flexibility index (Phi) is 16.5. The van der Waals surface area contributed by atoms with E-state index in [0.717, 1.165) is 16.9 Å². The first kappa shape index (κ1) is 34.8. The molecule has 12 heteroatoms. The summed E-state index contributed by atoms with van der Waals surface area (Å²) in [6.45, 7) is 4.02. The molecule has 6 N–H and O–H groups in total. The lowest BCUT2D eigenvalue weighted by Crippen LogP contribution is -2.34. The topological polar surface area (TPSA) is 175 Å². The van der Waals surface area contributed by atoms with Gasteiger partial charge in [-0.1, -0.05) is 38.1 Å². The first-order chi connectivity index (χ1) is 19.1. The minimum absolute atomic E-state index is 0.0125. The van der Waals surface area contributed by atoms with E-state index in [2.05, 4.69) is 19.6 Å². The zero-order chi connectivity index (χ0) is 30.0. The molecule has 2 aromatic carbocycles. The van der Waals surface area contributed by atoms with Gasteiger partial charge in [0, 0.05) is 19.1 Å². The molecule has 2 rings (SSSR count). The lowest BCUT2D eigenvalue weighted by atomic mass is 9.78. The molecule has 0 bridgehead atoms. The molecule has 0 saturated heterocycles. The van der Waals surface area contributed by atoms with E-state index in [9.17, 15) is 9.59 Å². The van der Waals surface area contributed by atoms with Crippen LogP contribution >= 0.6 is 11.6 Å². The zero-order valence-electron chi connectivity index (χ0n) is 23.2. The minimum atomic E-state index is -0.808. The van der Waals surface area contributed by atoms with Crippen LogP contribution in [0.2, 0.25) is 0 Å². The van der Waals surface area contributed by atoms with E-state index in [1.165, 1.54) is 0 Å². The molecule has 0 saturated carbocycles. The predicted molar refractivity (Wildman–Crippen MR) is 152 cm³/mol. The second kappa shape index (κ2) is 19.0. The van der Waals surface area contributed by atoms with Gasteiger partial charge < -0.3 is 45.7 Å². The molecule has 0 radical (unpaired) electrons. The fourth-order valence-corrected chi connectivity index (χ4v) is 3.47. The molecule has 2 unspecified atom stereocenters. The third kappa shape index (κ3) is 12.3. The van der Waals surface area contributed by atoms with Crippen LogP contribution in [0.1, 0.15) is 25.0 Å². The number of nitrogens with two attached hydrogens (primary N) is 3. The van der Waals surface area contributed by atoms with E-state index in [4.69, 9.17) is 51.5 Å². The number of carbonyl (C=O) groups is 3. The Morgan fingerprint density at radius 3 is 1.65 bits per heavy atom. The van der Waals surface area contributed by atoms with Gasteiger partial charge in [0.25, 0.3) is 0 Å². The molecular formula is C28H40ClN3O8. The average Bonchev–Trinajstić information content (AvgIpc) is 2.99. The van der Waals surface area contributed by atoms with Crippen molar-refractivity contribution in [3.8, 4) is 11.5 Å². The third-order valence-electron chi connectivity index (χ3n) is 5.69. The Hall–Kier alpha value is -3.22. The van der Waals surface area contributed by atoms with Crippen molar-refractivity contribution in [2.24, 2.45) is 17.2 Å². The van der Waals surface area contributed by atoms with Gasteiger partial charge >= 0.3 is 11.9 Å². The summed E-state index contributed by atoms with van der Waals surface area (Å²) in [5, 5.41) is 0. The molecule has 0 amide bonds. The van der Waals surface area contributed by atoms with Gasteiger partial charge in [0.1, 0.15) is 43.7 Å². The van der Waals surface area contributed by atoms with Gasteiger partial charge in [-0.2, -0.15) is 0 Å². The van der Waals surface area contributed by atoms with E-state index in [1.54, 1.807) is 7.11 Å². The van der Waals surface area contributed by atoms with Crippen LogP contribution in [0.4, 0.5) is 0 Å². The van der Waals surface area contributed by atoms with Crippen LogP contribution in [0.15, 0.2) is 48.5 Å². The van der Waals surface area contributed by atoms with Crippen molar-refractivity contribution >= 4 is 29.8 Å². The molecule has 2 aromatic rings. The molecule has 0 aliphatic carbocycles. The van der Waals surface area contributed by atoms with Crippen LogP contribution in [0.3, 0.4) is 0 Å². The van der Waals surface area contributed by atoms with Gasteiger partial charge in [-0.25, -0.2) is 0 Å². The fourth-order valence-electron chi connectivity index (χ4n) is 3.25. The Balaban J connectivity index is 0.00000187. The summed E-state index contributed by atoms with van der Waals surface area (Å²) in [5.41, 5.74) is 17.1. The molecule has 0 aromatic heterocycles. The second-order valence-electron chi connectivity index (χ2n) is 8.91. The van der Waals surface area contributed by atoms with Crippen LogP contribution in [-0.4, -0.2) is 82.9 Å². The lowest BCUT2D eigenvalue weighted by molar-refractivity contribution is -0.158. The van der Waals surface area contributed by atoms with Crippen LogP contribution in [0.25, 0.3) is 0 Å². The van der Waals surface area contributed by atoms with Crippen LogP contribution < -0.4 is 26.7 Å². The molecule has 0 aliphatic heterocycles. The summed E-state index contributed by atoms with van der Waals surface area (Å²) >= 11 is 5.83. The number of ether oxygens (including phenoxy) is 5. The maximum Gasteiger partial charge on any atom is 0.320 e. The van der Waals surface area contributed by atoms with Gasteiger partial charge in [-0.05, 0) is 35.4 Å². The van der Waals surface area contributed by atoms with E-state index in [0.29, 0.717) is 24.5 Å². The number of aldehydes is 1. The highest BCUT2D eigenvalue weighted by molar-refractivity contribution is 6.18. The van der Waals surface area contributed by atoms with Crippen molar-refractivity contribution in [3.05, 3.63) is 59.7 Å². The zero-order valence-corrected chi connectivity index (χ0v) is 23.9. The van der Waals surface area contributed by atoms with E-state index < -0.39 is 18.0 Å². The number of alkyl halides is 1. The number of hydrogen-bond donors (Lipinski definition) is 3. The second-order valence-corrected chi connectivity index (χ2v) is 9.22. The van der Waals surface area contributed by atoms with Crippen molar-refractivity contribution in [2.75, 3.05) is 52.4 Å². The molecule has 0 fully saturated rings. The van der Waals surface area contributed by atoms with Crippen molar-refractivity contribution in [3.63, 3.8) is 0 Å². The molecule has 2 atom stereocenters. The summed E-state index contributed by atoms with van der Waals surface area (Å²) in [5.74, 6) is 0.447. The third-order valence-corrected chi connectivity index (χ3v) is 6.03. The fraction of sp³-hybridized carbons (Fsp3) is 0.464. The van der Waals surface area contributed by atoms with Gasteiger partial charge in [-0.3, -0.25) is 9.59 Å². The van der Waals surface area contributed by atoms with E-state index in [-0.39, 0.29) is 44.4 Å². The number of benzene rings is 2. The monoisotopic (exact) mass is 581 g/mol. The van der Waals surface area contributed by atoms with Gasteiger partial charge in [0.05, 0.1) is 19.0 Å². The Morgan fingerprint density at radius 2 is 1.27 bits per heavy atom. The summed E-state index contributed by atoms with van der Waals surface area (Å²) in [4.78, 5) is 31.9. The quantitative estimate of drug-likeness (QED) is 0.149. The largest absolute Gasteiger partial charge is 0.491 e. The molecule has 0 heterocycles. The average molecular weight is 582 g/mol. The van der Waals surface area contributed by atoms with Crippen LogP contribution in [0.5, 0.6) is 11.5 Å². The number of hydrogen-bond acceptors (Lipinski definition) is 11. The Bertz CT molecular complexity index is 1020. The smallest absolute Gasteiger partial charge is 0.320 e. The summed E-state index contributed by atoms with van der Waals surface area (Å²) in [7, 11) is 1.60. The Labute approximate surface area is 240 Å². The number of halogens is 1. The first-order valence-electron chi connectivity index (χ1n) is 12.6. The molecule has 0 aliphatic rings. The van der Waals surface area contributed by atoms with Crippen LogP contribution in [0, 0.1) is 0 Å². The summed E-state index contributed by atoms with van der Waals surface area (Å²) in [6, 6.07) is 15.5. The summed E-state index contributed by atoms with van der Waals surface area (Å²) in [6.07, 6.45) is -0.315. The van der Waals surface area contributed by atoms with Gasteiger partial charge in [-0.15, -0.1) is 11.6 Å². The van der Waals surface area contributed by atoms with Crippen molar-refractivity contribution in [2.45, 2.75) is 31.5 Å². The number of carbonyl (C=O) groups excluding carboxylic acids is 3. The number of methoxy groups -OCH3 is 1. The molecule has 222 valence electrons. The minimum Gasteiger partial charge on any atom is -0.491 e. The lowest BCUT2D eigenvalue weighted by Gasteiger charge is -2.27. The Morgan fingerprint density at radius 1 is 0.825 bits per heavy atom. The standard InChI is InChI=1S/C26H35ClN2O7.C2H5NO/c1-26(2,18-4-8-20(9-5-18)33-15-22(12-27)32-3)19-6-10-21(11-7-19)34-16-23(36-25(31)14-29)17-35-24(30)13-28;3-1-2-4/h4-11,22-23H,12-17,28-29H2,1-3H3;2H,1,3H2. The van der Waals surface area contributed by atoms with Gasteiger partial charge in [0.2, 0.25) is 0 Å². The molecule has 11 nitrogen and oxygen atoms in total. The number of esters is 2. The highest BCUT2D eigenvalue weighted by Crippen LogP contribution is 2.33. The van der Waals surface area contributed by atoms with E-state index >= 15 is 0 Å². The maximum absolute atomic E-state index is 11.6. The first-order valence-corrected chi connectivity index (χ1v) is 13.1. The highest BCUT2D eigenvalue weighted by atomic mass is 35.5. The van der Waals surface area contributed by atoms with Gasteiger partial charge in [0.15, 0.2) is 6.10 Å². The van der Waals surface area contributed by atoms with E-state index in [1.807, 2.05) is 48.5 Å². The van der Waals surface area contributed by atoms with Crippen molar-refractivity contribution < 1.29 is 38.1 Å². The predicted octanol–water partition coefficient (Wildman–Crippen LogP) is 1.54. The molecule has 0 spiro atoms. The van der Waals surface area contributed by atoms with Crippen molar-refractivity contribution in [1.82, 2.24) is 0 Å². The SMILES string of the molecule is COC(CCl)COc1ccc(C(C)(C)c2ccc(OCC(COC(=O)CN)OC(=O)CN)cc2)cc1.NCC=O. The number of rotatable bonds is 16. The summed E-state index contributed by atoms with van der Waals surface area (Å²) < 4.78 is 26.9. The molecular weight excluding hydrogens is 542 g/mol. The molecule has 40 heavy (non-hydrogen) atoms. The maximum atomic E-state index is 11.6.